The Hall–Kier alpha value is -3.69. The second kappa shape index (κ2) is 11.2. The van der Waals surface area contributed by atoms with Gasteiger partial charge in [0.25, 0.3) is 0 Å². The van der Waals surface area contributed by atoms with E-state index >= 15 is 0 Å². The molecule has 4 aromatic rings. The van der Waals surface area contributed by atoms with Crippen LogP contribution in [0.25, 0.3) is 16.7 Å². The van der Waals surface area contributed by atoms with Crippen LogP contribution < -0.4 is 5.32 Å². The fourth-order valence-electron chi connectivity index (χ4n) is 5.06. The summed E-state index contributed by atoms with van der Waals surface area (Å²) in [6.45, 7) is 7.62. The van der Waals surface area contributed by atoms with Gasteiger partial charge in [-0.25, -0.2) is 4.98 Å². The van der Waals surface area contributed by atoms with E-state index in [-0.39, 0.29) is 30.1 Å². The third-order valence-electron chi connectivity index (χ3n) is 7.26. The molecule has 0 atom stereocenters. The van der Waals surface area contributed by atoms with Crippen LogP contribution in [0.15, 0.2) is 73.1 Å². The average Bonchev–Trinajstić information content (AvgIpc) is 3.34. The summed E-state index contributed by atoms with van der Waals surface area (Å²) in [5, 5.41) is 2.64. The molecule has 9 heteroatoms. The summed E-state index contributed by atoms with van der Waals surface area (Å²) >= 11 is 0. The van der Waals surface area contributed by atoms with E-state index in [2.05, 4.69) is 33.9 Å². The van der Waals surface area contributed by atoms with E-state index in [1.807, 2.05) is 53.1 Å². The number of rotatable bonds is 7. The predicted octanol–water partition coefficient (Wildman–Crippen LogP) is 5.75. The van der Waals surface area contributed by atoms with Gasteiger partial charge in [-0.3, -0.25) is 19.2 Å². The maximum absolute atomic E-state index is 13.9. The number of carbonyl (C=O) groups is 1. The lowest BCUT2D eigenvalue weighted by molar-refractivity contribution is -0.138. The SMILES string of the molecule is CC(C)N1CCN(Cc2ccc(NC(=O)Cc3ccc(-n4cnc5ccccc54)cc3)cc2C(F)(F)F)CC1. The van der Waals surface area contributed by atoms with E-state index < -0.39 is 11.7 Å². The molecule has 0 radical (unpaired) electrons. The molecule has 0 aliphatic carbocycles. The predicted molar refractivity (Wildman–Crippen MR) is 147 cm³/mol. The minimum Gasteiger partial charge on any atom is -0.326 e. The standard InChI is InChI=1S/C30H32F3N5O/c1-21(2)37-15-13-36(14-16-37)19-23-9-10-24(18-26(23)30(31,32)33)35-29(39)17-22-7-11-25(12-8-22)38-20-34-27-5-3-4-6-28(27)38/h3-12,18,20-21H,13-17,19H2,1-2H3,(H,35,39). The number of piperazine rings is 1. The molecular formula is C30H32F3N5O. The fourth-order valence-corrected chi connectivity index (χ4v) is 5.06. The van der Waals surface area contributed by atoms with Gasteiger partial charge >= 0.3 is 6.18 Å². The fraction of sp³-hybridized carbons (Fsp3) is 0.333. The monoisotopic (exact) mass is 535 g/mol. The van der Waals surface area contributed by atoms with Crippen molar-refractivity contribution in [3.8, 4) is 5.69 Å². The van der Waals surface area contributed by atoms with Crippen LogP contribution in [-0.4, -0.2) is 57.5 Å². The lowest BCUT2D eigenvalue weighted by Gasteiger charge is -2.37. The number of para-hydroxylation sites is 2. The summed E-state index contributed by atoms with van der Waals surface area (Å²) in [6, 6.07) is 19.8. The number of alkyl halides is 3. The molecule has 3 aromatic carbocycles. The molecule has 0 saturated carbocycles. The van der Waals surface area contributed by atoms with Crippen LogP contribution in [0.3, 0.4) is 0 Å². The number of hydrogen-bond acceptors (Lipinski definition) is 4. The Kier molecular flexibility index (Phi) is 7.72. The number of aromatic nitrogens is 2. The van der Waals surface area contributed by atoms with Crippen molar-refractivity contribution in [3.63, 3.8) is 0 Å². The first-order valence-corrected chi connectivity index (χ1v) is 13.1. The molecule has 1 aliphatic heterocycles. The number of fused-ring (bicyclic) bond motifs is 1. The van der Waals surface area contributed by atoms with Crippen LogP contribution in [0.1, 0.15) is 30.5 Å². The second-order valence-corrected chi connectivity index (χ2v) is 10.3. The third-order valence-corrected chi connectivity index (χ3v) is 7.26. The topological polar surface area (TPSA) is 53.4 Å². The summed E-state index contributed by atoms with van der Waals surface area (Å²) < 4.78 is 43.8. The van der Waals surface area contributed by atoms with Crippen molar-refractivity contribution in [1.82, 2.24) is 19.4 Å². The zero-order valence-electron chi connectivity index (χ0n) is 22.1. The normalized spacial score (nSPS) is 15.2. The molecule has 0 spiro atoms. The summed E-state index contributed by atoms with van der Waals surface area (Å²) in [7, 11) is 0. The second-order valence-electron chi connectivity index (χ2n) is 10.3. The van der Waals surface area contributed by atoms with E-state index in [1.54, 1.807) is 12.4 Å². The molecule has 1 amide bonds. The molecule has 0 bridgehead atoms. The minimum atomic E-state index is -4.51. The lowest BCUT2D eigenvalue weighted by atomic mass is 10.0. The Balaban J connectivity index is 1.24. The van der Waals surface area contributed by atoms with E-state index in [4.69, 9.17) is 0 Å². The maximum Gasteiger partial charge on any atom is 0.416 e. The highest BCUT2D eigenvalue weighted by Crippen LogP contribution is 2.34. The number of imidazole rings is 1. The van der Waals surface area contributed by atoms with Gasteiger partial charge in [-0.1, -0.05) is 30.3 Å². The van der Waals surface area contributed by atoms with Gasteiger partial charge in [-0.15, -0.1) is 0 Å². The van der Waals surface area contributed by atoms with Gasteiger partial charge in [0.05, 0.1) is 23.0 Å². The smallest absolute Gasteiger partial charge is 0.326 e. The zero-order chi connectivity index (χ0) is 27.6. The first-order valence-electron chi connectivity index (χ1n) is 13.1. The number of nitrogens with zero attached hydrogens (tertiary/aromatic N) is 4. The van der Waals surface area contributed by atoms with Crippen molar-refractivity contribution < 1.29 is 18.0 Å². The highest BCUT2D eigenvalue weighted by Gasteiger charge is 2.34. The van der Waals surface area contributed by atoms with Crippen LogP contribution in [0.5, 0.6) is 0 Å². The summed E-state index contributed by atoms with van der Waals surface area (Å²) in [4.78, 5) is 21.5. The summed E-state index contributed by atoms with van der Waals surface area (Å²) in [6.07, 6.45) is -2.71. The van der Waals surface area contributed by atoms with Gasteiger partial charge in [0.2, 0.25) is 5.91 Å². The molecule has 1 saturated heterocycles. The van der Waals surface area contributed by atoms with E-state index in [1.165, 1.54) is 6.07 Å². The molecular weight excluding hydrogens is 503 g/mol. The molecule has 5 rings (SSSR count). The number of carbonyl (C=O) groups excluding carboxylic acids is 1. The van der Waals surface area contributed by atoms with E-state index in [0.717, 1.165) is 54.5 Å². The Morgan fingerprint density at radius 2 is 1.69 bits per heavy atom. The summed E-state index contributed by atoms with van der Waals surface area (Å²) in [5.41, 5.74) is 3.19. The molecule has 6 nitrogen and oxygen atoms in total. The van der Waals surface area contributed by atoms with Gasteiger partial charge in [-0.2, -0.15) is 13.2 Å². The number of hydrogen-bond donors (Lipinski definition) is 1. The Bertz CT molecular complexity index is 1440. The van der Waals surface area contributed by atoms with Gasteiger partial charge < -0.3 is 5.32 Å². The van der Waals surface area contributed by atoms with Gasteiger partial charge in [0.1, 0.15) is 6.33 Å². The van der Waals surface area contributed by atoms with Crippen molar-refractivity contribution in [3.05, 3.63) is 89.7 Å². The van der Waals surface area contributed by atoms with Crippen molar-refractivity contribution in [1.29, 1.82) is 0 Å². The van der Waals surface area contributed by atoms with Crippen molar-refractivity contribution in [2.75, 3.05) is 31.5 Å². The van der Waals surface area contributed by atoms with Crippen LogP contribution in [0.4, 0.5) is 18.9 Å². The number of benzene rings is 3. The first-order chi connectivity index (χ1) is 18.7. The van der Waals surface area contributed by atoms with Crippen molar-refractivity contribution in [2.24, 2.45) is 0 Å². The van der Waals surface area contributed by atoms with Crippen LogP contribution in [0, 0.1) is 0 Å². The highest BCUT2D eigenvalue weighted by molar-refractivity contribution is 5.92. The molecule has 0 unspecified atom stereocenters. The number of nitrogens with one attached hydrogen (secondary N) is 1. The average molecular weight is 536 g/mol. The number of anilines is 1. The molecule has 204 valence electrons. The van der Waals surface area contributed by atoms with Crippen molar-refractivity contribution in [2.45, 2.75) is 39.0 Å². The Morgan fingerprint density at radius 1 is 0.974 bits per heavy atom. The Labute approximate surface area is 226 Å². The largest absolute Gasteiger partial charge is 0.416 e. The van der Waals surface area contributed by atoms with E-state index in [0.29, 0.717) is 6.04 Å². The zero-order valence-corrected chi connectivity index (χ0v) is 22.1. The molecule has 1 aliphatic rings. The van der Waals surface area contributed by atoms with Gasteiger partial charge in [0, 0.05) is 50.1 Å². The highest BCUT2D eigenvalue weighted by atomic mass is 19.4. The number of halogens is 3. The third kappa shape index (κ3) is 6.32. The molecule has 39 heavy (non-hydrogen) atoms. The van der Waals surface area contributed by atoms with Crippen LogP contribution in [0.2, 0.25) is 0 Å². The minimum absolute atomic E-state index is 0.0498. The van der Waals surface area contributed by atoms with Crippen LogP contribution in [-0.2, 0) is 23.9 Å². The number of amides is 1. The van der Waals surface area contributed by atoms with Gasteiger partial charge in [-0.05, 0) is 61.4 Å². The van der Waals surface area contributed by atoms with Crippen LogP contribution >= 0.6 is 0 Å². The Morgan fingerprint density at radius 3 is 2.38 bits per heavy atom. The van der Waals surface area contributed by atoms with Gasteiger partial charge in [0.15, 0.2) is 0 Å². The van der Waals surface area contributed by atoms with E-state index in [9.17, 15) is 18.0 Å². The quantitative estimate of drug-likeness (QED) is 0.327. The molecule has 2 heterocycles. The lowest BCUT2D eigenvalue weighted by Crippen LogP contribution is -2.48. The molecule has 1 fully saturated rings. The summed E-state index contributed by atoms with van der Waals surface area (Å²) in [5.74, 6) is -0.374. The van der Waals surface area contributed by atoms with Crippen molar-refractivity contribution >= 4 is 22.6 Å². The molecule has 1 N–H and O–H groups in total. The molecule has 1 aromatic heterocycles. The first kappa shape index (κ1) is 26.9. The maximum atomic E-state index is 13.9.